The minimum Gasteiger partial charge on any atom is -0.392 e. The summed E-state index contributed by atoms with van der Waals surface area (Å²) in [6.45, 7) is 6.66. The fourth-order valence-electron chi connectivity index (χ4n) is 7.41. The van der Waals surface area contributed by atoms with Crippen LogP contribution in [0.2, 0.25) is 0 Å². The molecule has 48 heavy (non-hydrogen) atoms. The maximum Gasteiger partial charge on any atom is 0.243 e. The lowest BCUT2D eigenvalue weighted by atomic mass is 9.75. The predicted molar refractivity (Wildman–Crippen MR) is 181 cm³/mol. The van der Waals surface area contributed by atoms with Crippen LogP contribution in [0.25, 0.3) is 0 Å². The normalized spacial score (nSPS) is 26.3. The Bertz CT molecular complexity index is 1380. The number of likely N-dealkylation sites (tertiary alicyclic amines) is 1. The number of nitrogens with zero attached hydrogens (tertiary/aromatic N) is 1. The highest BCUT2D eigenvalue weighted by Gasteiger charge is 2.44. The molecule has 11 heteroatoms. The van der Waals surface area contributed by atoms with Crippen molar-refractivity contribution in [3.8, 4) is 0 Å². The molecule has 3 aliphatic rings. The zero-order valence-corrected chi connectivity index (χ0v) is 28.5. The second-order valence-electron chi connectivity index (χ2n) is 14.5. The molecule has 0 radical (unpaired) electrons. The Morgan fingerprint density at radius 2 is 1.56 bits per heavy atom. The smallest absolute Gasteiger partial charge is 0.243 e. The molecule has 0 aromatic heterocycles. The van der Waals surface area contributed by atoms with Crippen LogP contribution in [0, 0.1) is 5.92 Å². The number of anilines is 1. The number of hydroxylamine groups is 1. The van der Waals surface area contributed by atoms with Gasteiger partial charge in [0.1, 0.15) is 0 Å². The van der Waals surface area contributed by atoms with Crippen LogP contribution in [0.3, 0.4) is 0 Å². The SMILES string of the molecule is CC(C)(C)NC(=O)C1CCC2CCCCC2N1CC1CC(c2ccc(CO)cc2)OC(c2ccc(NC(=O)CCCC(=O)NO)cc2)O1. The van der Waals surface area contributed by atoms with Crippen LogP contribution in [0.1, 0.15) is 114 Å². The molecule has 1 saturated carbocycles. The van der Waals surface area contributed by atoms with Crippen LogP contribution in [0.4, 0.5) is 5.69 Å². The Labute approximate surface area is 283 Å². The lowest BCUT2D eigenvalue weighted by Gasteiger charge is -2.50. The number of aliphatic hydroxyl groups excluding tert-OH is 1. The maximum atomic E-state index is 13.7. The maximum absolute atomic E-state index is 13.7. The van der Waals surface area contributed by atoms with E-state index in [9.17, 15) is 19.5 Å². The van der Waals surface area contributed by atoms with Gasteiger partial charge in [-0.05, 0) is 82.1 Å². The third-order valence-electron chi connectivity index (χ3n) is 9.74. The van der Waals surface area contributed by atoms with Gasteiger partial charge in [0.15, 0.2) is 6.29 Å². The summed E-state index contributed by atoms with van der Waals surface area (Å²) >= 11 is 0. The molecule has 2 heterocycles. The first kappa shape index (κ1) is 35.9. The van der Waals surface area contributed by atoms with E-state index in [0.717, 1.165) is 36.0 Å². The minimum atomic E-state index is -0.665. The van der Waals surface area contributed by atoms with Crippen molar-refractivity contribution in [3.63, 3.8) is 0 Å². The molecule has 2 aromatic carbocycles. The standard InChI is InChI=1S/C37H52N4O7/c1-37(2,3)39-35(45)31-20-17-25-7-4-5-8-30(25)41(31)22-29-21-32(26-13-11-24(23-42)12-14-26)48-36(47-29)27-15-18-28(19-16-27)38-33(43)9-6-10-34(44)40-46/h11-16,18-19,25,29-32,36,42,46H,4-10,17,20-23H2,1-3H3,(H,38,43)(H,39,45)(H,40,44). The highest BCUT2D eigenvalue weighted by atomic mass is 16.7. The van der Waals surface area contributed by atoms with Gasteiger partial charge < -0.3 is 25.2 Å². The molecule has 262 valence electrons. The lowest BCUT2D eigenvalue weighted by Crippen LogP contribution is -2.61. The Morgan fingerprint density at radius 3 is 2.25 bits per heavy atom. The average Bonchev–Trinajstić information content (AvgIpc) is 3.07. The molecular formula is C37H52N4O7. The van der Waals surface area contributed by atoms with E-state index in [4.69, 9.17) is 14.7 Å². The second-order valence-corrected chi connectivity index (χ2v) is 14.5. The van der Waals surface area contributed by atoms with Crippen LogP contribution < -0.4 is 16.1 Å². The van der Waals surface area contributed by atoms with Gasteiger partial charge in [-0.15, -0.1) is 0 Å². The van der Waals surface area contributed by atoms with E-state index in [2.05, 4.69) is 15.5 Å². The molecule has 1 aliphatic carbocycles. The van der Waals surface area contributed by atoms with Crippen molar-refractivity contribution in [2.24, 2.45) is 5.92 Å². The summed E-state index contributed by atoms with van der Waals surface area (Å²) in [6.07, 6.45) is 6.64. The topological polar surface area (TPSA) is 149 Å². The van der Waals surface area contributed by atoms with Crippen molar-refractivity contribution in [1.82, 2.24) is 15.7 Å². The molecule has 3 fully saturated rings. The van der Waals surface area contributed by atoms with Crippen LogP contribution in [0.15, 0.2) is 48.5 Å². The van der Waals surface area contributed by atoms with Gasteiger partial charge in [0.25, 0.3) is 0 Å². The molecule has 6 unspecified atom stereocenters. The van der Waals surface area contributed by atoms with Gasteiger partial charge in [0.05, 0.1) is 24.9 Å². The summed E-state index contributed by atoms with van der Waals surface area (Å²) in [7, 11) is 0. The number of amides is 3. The van der Waals surface area contributed by atoms with Crippen LogP contribution in [-0.4, -0.2) is 63.2 Å². The van der Waals surface area contributed by atoms with Gasteiger partial charge in [0.2, 0.25) is 17.7 Å². The molecule has 2 aromatic rings. The van der Waals surface area contributed by atoms with Crippen LogP contribution in [-0.2, 0) is 30.5 Å². The van der Waals surface area contributed by atoms with Gasteiger partial charge in [-0.3, -0.25) is 24.5 Å². The third kappa shape index (κ3) is 9.63. The van der Waals surface area contributed by atoms with Gasteiger partial charge in [-0.2, -0.15) is 0 Å². The van der Waals surface area contributed by atoms with Crippen molar-refractivity contribution < 1.29 is 34.2 Å². The number of carbonyl (C=O) groups excluding carboxylic acids is 3. The molecule has 0 spiro atoms. The molecule has 6 atom stereocenters. The number of hydrogen-bond donors (Lipinski definition) is 5. The number of piperidine rings is 1. The Morgan fingerprint density at radius 1 is 0.875 bits per heavy atom. The Hall–Kier alpha value is -3.35. The van der Waals surface area contributed by atoms with Gasteiger partial charge in [-0.25, -0.2) is 5.48 Å². The number of benzene rings is 2. The summed E-state index contributed by atoms with van der Waals surface area (Å²) in [5.74, 6) is -0.0779. The van der Waals surface area contributed by atoms with Gasteiger partial charge >= 0.3 is 0 Å². The third-order valence-corrected chi connectivity index (χ3v) is 9.74. The zero-order chi connectivity index (χ0) is 34.3. The van der Waals surface area contributed by atoms with E-state index < -0.39 is 12.2 Å². The molecule has 2 saturated heterocycles. The largest absolute Gasteiger partial charge is 0.392 e. The minimum absolute atomic E-state index is 0.0312. The number of fused-ring (bicyclic) bond motifs is 1. The molecule has 0 bridgehead atoms. The summed E-state index contributed by atoms with van der Waals surface area (Å²) in [5.41, 5.74) is 4.51. The van der Waals surface area contributed by atoms with E-state index in [1.165, 1.54) is 19.3 Å². The second kappa shape index (κ2) is 16.4. The number of nitrogens with one attached hydrogen (secondary N) is 3. The molecule has 3 amide bonds. The average molecular weight is 665 g/mol. The fourth-order valence-corrected chi connectivity index (χ4v) is 7.41. The van der Waals surface area contributed by atoms with E-state index >= 15 is 0 Å². The van der Waals surface area contributed by atoms with Crippen LogP contribution >= 0.6 is 0 Å². The molecule has 11 nitrogen and oxygen atoms in total. The van der Waals surface area contributed by atoms with E-state index in [0.29, 0.717) is 37.0 Å². The lowest BCUT2D eigenvalue weighted by molar-refractivity contribution is -0.255. The van der Waals surface area contributed by atoms with Crippen molar-refractivity contribution >= 4 is 23.4 Å². The number of carbonyl (C=O) groups is 3. The van der Waals surface area contributed by atoms with Crippen molar-refractivity contribution in [1.29, 1.82) is 0 Å². The highest BCUT2D eigenvalue weighted by Crippen LogP contribution is 2.42. The summed E-state index contributed by atoms with van der Waals surface area (Å²) < 4.78 is 13.3. The predicted octanol–water partition coefficient (Wildman–Crippen LogP) is 5.28. The van der Waals surface area contributed by atoms with E-state index in [1.807, 2.05) is 57.2 Å². The Kier molecular flexibility index (Phi) is 12.3. The first-order valence-corrected chi connectivity index (χ1v) is 17.4. The summed E-state index contributed by atoms with van der Waals surface area (Å²) in [6, 6.07) is 15.3. The highest BCUT2D eigenvalue weighted by molar-refractivity contribution is 5.91. The Balaban J connectivity index is 1.34. The molecule has 2 aliphatic heterocycles. The summed E-state index contributed by atoms with van der Waals surface area (Å²) in [5, 5.41) is 24.3. The van der Waals surface area contributed by atoms with Crippen LogP contribution in [0.5, 0.6) is 0 Å². The number of rotatable bonds is 11. The first-order valence-electron chi connectivity index (χ1n) is 17.4. The molecular weight excluding hydrogens is 612 g/mol. The zero-order valence-electron chi connectivity index (χ0n) is 28.5. The van der Waals surface area contributed by atoms with E-state index in [-0.39, 0.29) is 55.1 Å². The van der Waals surface area contributed by atoms with Crippen molar-refractivity contribution in [2.75, 3.05) is 11.9 Å². The first-order chi connectivity index (χ1) is 23.0. The van der Waals surface area contributed by atoms with E-state index in [1.54, 1.807) is 17.6 Å². The monoisotopic (exact) mass is 664 g/mol. The molecule has 5 rings (SSSR count). The number of hydrogen-bond acceptors (Lipinski definition) is 8. The number of ether oxygens (including phenoxy) is 2. The fraction of sp³-hybridized carbons (Fsp3) is 0.595. The number of aliphatic hydroxyl groups is 1. The van der Waals surface area contributed by atoms with Crippen molar-refractivity contribution in [2.45, 2.75) is 128 Å². The van der Waals surface area contributed by atoms with Gasteiger partial charge in [-0.1, -0.05) is 49.2 Å². The quantitative estimate of drug-likeness (QED) is 0.161. The molecule has 5 N–H and O–H groups in total. The summed E-state index contributed by atoms with van der Waals surface area (Å²) in [4.78, 5) is 39.7. The van der Waals surface area contributed by atoms with Crippen molar-refractivity contribution in [3.05, 3.63) is 65.2 Å². The van der Waals surface area contributed by atoms with Gasteiger partial charge in [0, 0.05) is 48.6 Å².